The zero-order valence-corrected chi connectivity index (χ0v) is 8.69. The molecule has 1 heterocycles. The normalized spacial score (nSPS) is 25.1. The van der Waals surface area contributed by atoms with E-state index in [0.29, 0.717) is 12.1 Å². The SMILES string of the molecule is C[C@@H](c1ccccc1)N1CC[C@H](N)C1. The summed E-state index contributed by atoms with van der Waals surface area (Å²) in [5.74, 6) is 0. The van der Waals surface area contributed by atoms with Gasteiger partial charge < -0.3 is 5.73 Å². The van der Waals surface area contributed by atoms with Crippen LogP contribution in [0.5, 0.6) is 0 Å². The maximum absolute atomic E-state index is 5.90. The second kappa shape index (κ2) is 4.11. The standard InChI is InChI=1S/C12H18N2/c1-10(11-5-3-2-4-6-11)14-8-7-12(13)9-14/h2-6,10,12H,7-9,13H2,1H3/t10-,12-/m0/s1. The van der Waals surface area contributed by atoms with Gasteiger partial charge in [-0.25, -0.2) is 0 Å². The summed E-state index contributed by atoms with van der Waals surface area (Å²) in [6, 6.07) is 11.5. The average molecular weight is 190 g/mol. The smallest absolute Gasteiger partial charge is 0.0320 e. The second-order valence-electron chi connectivity index (χ2n) is 4.13. The van der Waals surface area contributed by atoms with E-state index >= 15 is 0 Å². The Labute approximate surface area is 85.7 Å². The van der Waals surface area contributed by atoms with E-state index in [1.54, 1.807) is 0 Å². The van der Waals surface area contributed by atoms with Crippen LogP contribution in [-0.2, 0) is 0 Å². The van der Waals surface area contributed by atoms with Crippen molar-refractivity contribution in [2.45, 2.75) is 25.4 Å². The maximum Gasteiger partial charge on any atom is 0.0320 e. The summed E-state index contributed by atoms with van der Waals surface area (Å²) in [6.07, 6.45) is 1.14. The Hall–Kier alpha value is -0.860. The molecule has 0 amide bonds. The Morgan fingerprint density at radius 3 is 2.64 bits per heavy atom. The van der Waals surface area contributed by atoms with Gasteiger partial charge in [0.1, 0.15) is 0 Å². The molecule has 2 rings (SSSR count). The molecule has 0 bridgehead atoms. The van der Waals surface area contributed by atoms with Crippen LogP contribution in [0.3, 0.4) is 0 Å². The molecule has 1 aliphatic heterocycles. The predicted octanol–water partition coefficient (Wildman–Crippen LogP) is 1.78. The molecule has 1 fully saturated rings. The van der Waals surface area contributed by atoms with Gasteiger partial charge in [-0.3, -0.25) is 4.90 Å². The molecule has 2 atom stereocenters. The Morgan fingerprint density at radius 2 is 2.07 bits per heavy atom. The van der Waals surface area contributed by atoms with Gasteiger partial charge in [-0.05, 0) is 18.9 Å². The van der Waals surface area contributed by atoms with Gasteiger partial charge in [-0.1, -0.05) is 30.3 Å². The van der Waals surface area contributed by atoms with Crippen LogP contribution in [0.15, 0.2) is 30.3 Å². The van der Waals surface area contributed by atoms with E-state index in [-0.39, 0.29) is 0 Å². The van der Waals surface area contributed by atoms with E-state index in [9.17, 15) is 0 Å². The van der Waals surface area contributed by atoms with E-state index in [0.717, 1.165) is 19.5 Å². The molecule has 0 spiro atoms. The highest BCUT2D eigenvalue weighted by molar-refractivity contribution is 5.18. The van der Waals surface area contributed by atoms with E-state index < -0.39 is 0 Å². The van der Waals surface area contributed by atoms with Crippen molar-refractivity contribution < 1.29 is 0 Å². The minimum atomic E-state index is 0.376. The summed E-state index contributed by atoms with van der Waals surface area (Å²) in [6.45, 7) is 4.43. The molecule has 14 heavy (non-hydrogen) atoms. The molecular formula is C12H18N2. The van der Waals surface area contributed by atoms with Gasteiger partial charge in [0, 0.05) is 25.2 Å². The van der Waals surface area contributed by atoms with Crippen LogP contribution in [0.25, 0.3) is 0 Å². The van der Waals surface area contributed by atoms with Crippen LogP contribution in [0.1, 0.15) is 24.9 Å². The van der Waals surface area contributed by atoms with Gasteiger partial charge in [-0.15, -0.1) is 0 Å². The quantitative estimate of drug-likeness (QED) is 0.770. The summed E-state index contributed by atoms with van der Waals surface area (Å²) in [5, 5.41) is 0. The molecular weight excluding hydrogens is 172 g/mol. The molecule has 2 heteroatoms. The lowest BCUT2D eigenvalue weighted by atomic mass is 10.1. The van der Waals surface area contributed by atoms with Crippen molar-refractivity contribution in [2.75, 3.05) is 13.1 Å². The fraction of sp³-hybridized carbons (Fsp3) is 0.500. The van der Waals surface area contributed by atoms with Crippen molar-refractivity contribution in [3.8, 4) is 0 Å². The molecule has 2 nitrogen and oxygen atoms in total. The Kier molecular flexibility index (Phi) is 2.85. The number of nitrogens with two attached hydrogens (primary N) is 1. The minimum Gasteiger partial charge on any atom is -0.326 e. The highest BCUT2D eigenvalue weighted by atomic mass is 15.2. The van der Waals surface area contributed by atoms with Gasteiger partial charge in [0.05, 0.1) is 0 Å². The molecule has 76 valence electrons. The van der Waals surface area contributed by atoms with E-state index in [1.807, 2.05) is 0 Å². The Bertz CT molecular complexity index is 284. The molecule has 2 N–H and O–H groups in total. The number of nitrogens with zero attached hydrogens (tertiary/aromatic N) is 1. The van der Waals surface area contributed by atoms with Crippen molar-refractivity contribution in [3.05, 3.63) is 35.9 Å². The maximum atomic E-state index is 5.90. The van der Waals surface area contributed by atoms with E-state index in [2.05, 4.69) is 42.2 Å². The van der Waals surface area contributed by atoms with Crippen molar-refractivity contribution in [1.29, 1.82) is 0 Å². The Balaban J connectivity index is 2.05. The molecule has 0 saturated carbocycles. The van der Waals surface area contributed by atoms with Gasteiger partial charge in [0.15, 0.2) is 0 Å². The lowest BCUT2D eigenvalue weighted by molar-refractivity contribution is 0.260. The van der Waals surface area contributed by atoms with Gasteiger partial charge in [0.2, 0.25) is 0 Å². The van der Waals surface area contributed by atoms with Gasteiger partial charge >= 0.3 is 0 Å². The van der Waals surface area contributed by atoms with Crippen LogP contribution < -0.4 is 5.73 Å². The fourth-order valence-corrected chi connectivity index (χ4v) is 2.11. The molecule has 1 aromatic rings. The van der Waals surface area contributed by atoms with E-state index in [1.165, 1.54) is 5.56 Å². The van der Waals surface area contributed by atoms with Crippen LogP contribution in [0.2, 0.25) is 0 Å². The van der Waals surface area contributed by atoms with Gasteiger partial charge in [0.25, 0.3) is 0 Å². The number of likely N-dealkylation sites (tertiary alicyclic amines) is 1. The third-order valence-corrected chi connectivity index (χ3v) is 3.09. The summed E-state index contributed by atoms with van der Waals surface area (Å²) >= 11 is 0. The van der Waals surface area contributed by atoms with Crippen molar-refractivity contribution in [3.63, 3.8) is 0 Å². The summed E-state index contributed by atoms with van der Waals surface area (Å²) < 4.78 is 0. The van der Waals surface area contributed by atoms with E-state index in [4.69, 9.17) is 5.73 Å². The third-order valence-electron chi connectivity index (χ3n) is 3.09. The second-order valence-corrected chi connectivity index (χ2v) is 4.13. The highest BCUT2D eigenvalue weighted by Gasteiger charge is 2.23. The van der Waals surface area contributed by atoms with Crippen molar-refractivity contribution >= 4 is 0 Å². The lowest BCUT2D eigenvalue weighted by Gasteiger charge is -2.24. The zero-order chi connectivity index (χ0) is 9.97. The first-order valence-corrected chi connectivity index (χ1v) is 5.32. The van der Waals surface area contributed by atoms with Crippen molar-refractivity contribution in [1.82, 2.24) is 4.90 Å². The van der Waals surface area contributed by atoms with Crippen molar-refractivity contribution in [2.24, 2.45) is 5.73 Å². The molecule has 0 radical (unpaired) electrons. The Morgan fingerprint density at radius 1 is 1.36 bits per heavy atom. The third kappa shape index (κ3) is 1.97. The fourth-order valence-electron chi connectivity index (χ4n) is 2.11. The summed E-state index contributed by atoms with van der Waals surface area (Å²) in [7, 11) is 0. The van der Waals surface area contributed by atoms with Gasteiger partial charge in [-0.2, -0.15) is 0 Å². The van der Waals surface area contributed by atoms with Crippen LogP contribution in [0, 0.1) is 0 Å². The number of hydrogen-bond donors (Lipinski definition) is 1. The first-order valence-electron chi connectivity index (χ1n) is 5.32. The molecule has 0 aliphatic carbocycles. The van der Waals surface area contributed by atoms with Crippen LogP contribution in [0.4, 0.5) is 0 Å². The summed E-state index contributed by atoms with van der Waals surface area (Å²) in [4.78, 5) is 2.46. The summed E-state index contributed by atoms with van der Waals surface area (Å²) in [5.41, 5.74) is 7.29. The highest BCUT2D eigenvalue weighted by Crippen LogP contribution is 2.23. The first kappa shape index (κ1) is 9.69. The van der Waals surface area contributed by atoms with Crippen LogP contribution >= 0.6 is 0 Å². The number of hydrogen-bond acceptors (Lipinski definition) is 2. The minimum absolute atomic E-state index is 0.376. The van der Waals surface area contributed by atoms with Crippen LogP contribution in [-0.4, -0.2) is 24.0 Å². The number of rotatable bonds is 2. The molecule has 1 aliphatic rings. The molecule has 1 saturated heterocycles. The lowest BCUT2D eigenvalue weighted by Crippen LogP contribution is -2.28. The molecule has 1 aromatic carbocycles. The topological polar surface area (TPSA) is 29.3 Å². The average Bonchev–Trinajstić information content (AvgIpc) is 2.65. The molecule has 0 aromatic heterocycles. The predicted molar refractivity (Wildman–Crippen MR) is 59.0 cm³/mol. The zero-order valence-electron chi connectivity index (χ0n) is 8.69. The molecule has 0 unspecified atom stereocenters. The number of benzene rings is 1. The largest absolute Gasteiger partial charge is 0.326 e. The first-order chi connectivity index (χ1) is 6.77. The monoisotopic (exact) mass is 190 g/mol.